The van der Waals surface area contributed by atoms with Gasteiger partial charge >= 0.3 is 0 Å². The minimum absolute atomic E-state index is 0.0638. The summed E-state index contributed by atoms with van der Waals surface area (Å²) in [5.74, 6) is 1.43. The van der Waals surface area contributed by atoms with Crippen LogP contribution in [0, 0.1) is 17.3 Å². The lowest BCUT2D eigenvalue weighted by molar-refractivity contribution is -0.132. The Hall–Kier alpha value is -0.640. The first-order valence-corrected chi connectivity index (χ1v) is 8.03. The van der Waals surface area contributed by atoms with Crippen LogP contribution in [0.1, 0.15) is 58.3 Å². The van der Waals surface area contributed by atoms with Gasteiger partial charge in [0, 0.05) is 6.54 Å². The van der Waals surface area contributed by atoms with Crippen molar-refractivity contribution in [1.82, 2.24) is 5.32 Å². The normalized spacial score (nSPS) is 31.5. The van der Waals surface area contributed by atoms with Crippen molar-refractivity contribution in [3.8, 4) is 0 Å². The third-order valence-corrected chi connectivity index (χ3v) is 5.25. The third-order valence-electron chi connectivity index (χ3n) is 4.86. The number of hydrogen-bond donors (Lipinski definition) is 2. The molecule has 0 radical (unpaired) electrons. The molecule has 0 atom stereocenters. The SMILES string of the molecule is CC1CC(C(=O)NCCC2CCCCC2)(C(N)=S)C1. The Balaban J connectivity index is 1.75. The summed E-state index contributed by atoms with van der Waals surface area (Å²) in [6.45, 7) is 2.92. The molecular weight excluding hydrogens is 256 g/mol. The molecule has 0 heterocycles. The maximum Gasteiger partial charge on any atom is 0.233 e. The number of carbonyl (C=O) groups is 1. The molecule has 3 N–H and O–H groups in total. The second-order valence-corrected chi connectivity index (χ2v) is 6.95. The fourth-order valence-electron chi connectivity index (χ4n) is 3.66. The van der Waals surface area contributed by atoms with Crippen LogP contribution in [0.25, 0.3) is 0 Å². The molecule has 0 unspecified atom stereocenters. The van der Waals surface area contributed by atoms with E-state index < -0.39 is 5.41 Å². The molecule has 0 bridgehead atoms. The van der Waals surface area contributed by atoms with Gasteiger partial charge in [0.05, 0.1) is 10.4 Å². The highest BCUT2D eigenvalue weighted by molar-refractivity contribution is 7.80. The smallest absolute Gasteiger partial charge is 0.233 e. The number of thiocarbonyl (C=S) groups is 1. The molecule has 1 amide bonds. The van der Waals surface area contributed by atoms with Crippen LogP contribution >= 0.6 is 12.2 Å². The molecule has 2 rings (SSSR count). The summed E-state index contributed by atoms with van der Waals surface area (Å²) < 4.78 is 0. The Morgan fingerprint density at radius 1 is 1.32 bits per heavy atom. The summed E-state index contributed by atoms with van der Waals surface area (Å²) in [5, 5.41) is 3.07. The van der Waals surface area contributed by atoms with Gasteiger partial charge in [-0.15, -0.1) is 0 Å². The van der Waals surface area contributed by atoms with E-state index in [2.05, 4.69) is 12.2 Å². The van der Waals surface area contributed by atoms with Gasteiger partial charge in [-0.2, -0.15) is 0 Å². The average Bonchev–Trinajstić information content (AvgIpc) is 2.35. The van der Waals surface area contributed by atoms with Gasteiger partial charge < -0.3 is 11.1 Å². The van der Waals surface area contributed by atoms with Crippen molar-refractivity contribution < 1.29 is 4.79 Å². The standard InChI is InChI=1S/C15H26N2OS/c1-11-9-15(10-11,13(16)19)14(18)17-8-7-12-5-3-2-4-6-12/h11-12H,2-10H2,1H3,(H2,16,19)(H,17,18). The molecule has 108 valence electrons. The highest BCUT2D eigenvalue weighted by atomic mass is 32.1. The fourth-order valence-corrected chi connectivity index (χ4v) is 3.92. The van der Waals surface area contributed by atoms with Gasteiger partial charge in [0.2, 0.25) is 5.91 Å². The van der Waals surface area contributed by atoms with Crippen LogP contribution in [0.3, 0.4) is 0 Å². The first-order valence-electron chi connectivity index (χ1n) is 7.63. The minimum atomic E-state index is -0.540. The molecule has 2 aliphatic carbocycles. The van der Waals surface area contributed by atoms with E-state index >= 15 is 0 Å². The van der Waals surface area contributed by atoms with Crippen molar-refractivity contribution >= 4 is 23.1 Å². The molecule has 0 aromatic heterocycles. The van der Waals surface area contributed by atoms with Crippen LogP contribution < -0.4 is 11.1 Å². The number of hydrogen-bond acceptors (Lipinski definition) is 2. The number of amides is 1. The highest BCUT2D eigenvalue weighted by Gasteiger charge is 2.50. The largest absolute Gasteiger partial charge is 0.392 e. The van der Waals surface area contributed by atoms with Crippen LogP contribution in [-0.2, 0) is 4.79 Å². The monoisotopic (exact) mass is 282 g/mol. The van der Waals surface area contributed by atoms with Crippen LogP contribution in [0.15, 0.2) is 0 Å². The lowest BCUT2D eigenvalue weighted by Gasteiger charge is -2.44. The topological polar surface area (TPSA) is 55.1 Å². The maximum atomic E-state index is 12.3. The van der Waals surface area contributed by atoms with Gasteiger partial charge in [-0.25, -0.2) is 0 Å². The van der Waals surface area contributed by atoms with E-state index in [-0.39, 0.29) is 5.91 Å². The Labute approximate surface area is 121 Å². The van der Waals surface area contributed by atoms with E-state index in [0.29, 0.717) is 10.9 Å². The summed E-state index contributed by atoms with van der Waals surface area (Å²) in [4.78, 5) is 12.7. The molecule has 3 nitrogen and oxygen atoms in total. The molecular formula is C15H26N2OS. The number of nitrogens with two attached hydrogens (primary N) is 1. The van der Waals surface area contributed by atoms with E-state index in [9.17, 15) is 4.79 Å². The molecule has 0 spiro atoms. The molecule has 2 aliphatic rings. The lowest BCUT2D eigenvalue weighted by atomic mass is 9.62. The number of carbonyl (C=O) groups excluding carboxylic acids is 1. The number of nitrogens with one attached hydrogen (secondary N) is 1. The molecule has 2 fully saturated rings. The second-order valence-electron chi connectivity index (χ2n) is 6.51. The van der Waals surface area contributed by atoms with Crippen molar-refractivity contribution in [3.63, 3.8) is 0 Å². The summed E-state index contributed by atoms with van der Waals surface area (Å²) in [6.07, 6.45) is 9.48. The predicted molar refractivity (Wildman–Crippen MR) is 81.8 cm³/mol. The zero-order chi connectivity index (χ0) is 13.9. The summed E-state index contributed by atoms with van der Waals surface area (Å²) >= 11 is 5.10. The lowest BCUT2D eigenvalue weighted by Crippen LogP contribution is -2.56. The predicted octanol–water partition coefficient (Wildman–Crippen LogP) is 2.78. The molecule has 0 aromatic carbocycles. The van der Waals surface area contributed by atoms with E-state index in [1.807, 2.05) is 0 Å². The fraction of sp³-hybridized carbons (Fsp3) is 0.867. The molecule has 19 heavy (non-hydrogen) atoms. The zero-order valence-electron chi connectivity index (χ0n) is 11.9. The van der Waals surface area contributed by atoms with Crippen LogP contribution in [0.4, 0.5) is 0 Å². The molecule has 0 saturated heterocycles. The van der Waals surface area contributed by atoms with Gasteiger partial charge in [-0.1, -0.05) is 51.2 Å². The Morgan fingerprint density at radius 3 is 2.47 bits per heavy atom. The van der Waals surface area contributed by atoms with Gasteiger partial charge in [0.25, 0.3) is 0 Å². The molecule has 4 heteroatoms. The first kappa shape index (κ1) is 14.8. The Morgan fingerprint density at radius 2 is 1.95 bits per heavy atom. The van der Waals surface area contributed by atoms with Gasteiger partial charge in [0.1, 0.15) is 0 Å². The summed E-state index contributed by atoms with van der Waals surface area (Å²) in [6, 6.07) is 0. The molecule has 0 aliphatic heterocycles. The summed E-state index contributed by atoms with van der Waals surface area (Å²) in [7, 11) is 0. The van der Waals surface area contributed by atoms with Crippen molar-refractivity contribution in [2.24, 2.45) is 23.0 Å². The third kappa shape index (κ3) is 3.28. The van der Waals surface area contributed by atoms with E-state index in [4.69, 9.17) is 18.0 Å². The number of rotatable bonds is 5. The second kappa shape index (κ2) is 6.21. The van der Waals surface area contributed by atoms with E-state index in [1.165, 1.54) is 32.1 Å². The molecule has 0 aromatic rings. The van der Waals surface area contributed by atoms with E-state index in [0.717, 1.165) is 31.7 Å². The van der Waals surface area contributed by atoms with Gasteiger partial charge in [0.15, 0.2) is 0 Å². The van der Waals surface area contributed by atoms with Gasteiger partial charge in [-0.05, 0) is 31.1 Å². The Kier molecular flexibility index (Phi) is 4.82. The average molecular weight is 282 g/mol. The zero-order valence-corrected chi connectivity index (χ0v) is 12.7. The Bertz CT molecular complexity index is 344. The minimum Gasteiger partial charge on any atom is -0.392 e. The highest BCUT2D eigenvalue weighted by Crippen LogP contribution is 2.45. The van der Waals surface area contributed by atoms with Crippen molar-refractivity contribution in [1.29, 1.82) is 0 Å². The van der Waals surface area contributed by atoms with Crippen molar-refractivity contribution in [2.45, 2.75) is 58.3 Å². The van der Waals surface area contributed by atoms with Crippen molar-refractivity contribution in [3.05, 3.63) is 0 Å². The van der Waals surface area contributed by atoms with Crippen LogP contribution in [0.5, 0.6) is 0 Å². The molecule has 2 saturated carbocycles. The quantitative estimate of drug-likeness (QED) is 0.762. The van der Waals surface area contributed by atoms with E-state index in [1.54, 1.807) is 0 Å². The first-order chi connectivity index (χ1) is 9.04. The van der Waals surface area contributed by atoms with Crippen LogP contribution in [0.2, 0.25) is 0 Å². The van der Waals surface area contributed by atoms with Crippen molar-refractivity contribution in [2.75, 3.05) is 6.54 Å². The maximum absolute atomic E-state index is 12.3. The van der Waals surface area contributed by atoms with Crippen LogP contribution in [-0.4, -0.2) is 17.4 Å². The summed E-state index contributed by atoms with van der Waals surface area (Å²) in [5.41, 5.74) is 5.24. The van der Waals surface area contributed by atoms with Gasteiger partial charge in [-0.3, -0.25) is 4.79 Å².